The van der Waals surface area contributed by atoms with Gasteiger partial charge in [0.15, 0.2) is 0 Å². The fourth-order valence-corrected chi connectivity index (χ4v) is 2.47. The summed E-state index contributed by atoms with van der Waals surface area (Å²) in [7, 11) is 0. The van der Waals surface area contributed by atoms with Gasteiger partial charge in [0.2, 0.25) is 5.91 Å². The lowest BCUT2D eigenvalue weighted by Gasteiger charge is -2.10. The number of benzene rings is 1. The van der Waals surface area contributed by atoms with E-state index in [0.29, 0.717) is 24.5 Å². The second-order valence-electron chi connectivity index (χ2n) is 5.99. The van der Waals surface area contributed by atoms with Crippen molar-refractivity contribution in [3.8, 4) is 0 Å². The second kappa shape index (κ2) is 10.5. The molecule has 1 heterocycles. The zero-order valence-corrected chi connectivity index (χ0v) is 14.5. The minimum atomic E-state index is -0.969. The van der Waals surface area contributed by atoms with Crippen molar-refractivity contribution in [2.24, 2.45) is 0 Å². The molecule has 26 heavy (non-hydrogen) atoms. The third-order valence-corrected chi connectivity index (χ3v) is 3.86. The van der Waals surface area contributed by atoms with Crippen LogP contribution in [-0.2, 0) is 19.1 Å². The maximum atomic E-state index is 11.9. The Labute approximate surface area is 151 Å². The Morgan fingerprint density at radius 2 is 1.96 bits per heavy atom. The molecule has 0 radical (unpaired) electrons. The van der Waals surface area contributed by atoms with Crippen molar-refractivity contribution in [2.45, 2.75) is 31.8 Å². The summed E-state index contributed by atoms with van der Waals surface area (Å²) in [6.07, 6.45) is 2.32. The Balaban J connectivity index is 1.66. The van der Waals surface area contributed by atoms with Crippen molar-refractivity contribution in [1.82, 2.24) is 5.32 Å². The highest BCUT2D eigenvalue weighted by atomic mass is 16.5. The molecule has 0 aromatic heterocycles. The van der Waals surface area contributed by atoms with Gasteiger partial charge in [0.25, 0.3) is 5.91 Å². The summed E-state index contributed by atoms with van der Waals surface area (Å²) in [4.78, 5) is 34.1. The number of amides is 2. The Morgan fingerprint density at radius 3 is 2.62 bits per heavy atom. The Bertz CT molecular complexity index is 611. The molecule has 1 atom stereocenters. The van der Waals surface area contributed by atoms with Gasteiger partial charge in [-0.3, -0.25) is 14.4 Å². The highest BCUT2D eigenvalue weighted by molar-refractivity contribution is 5.95. The van der Waals surface area contributed by atoms with Crippen molar-refractivity contribution >= 4 is 23.5 Å². The number of aliphatic carboxylic acids is 1. The van der Waals surface area contributed by atoms with Gasteiger partial charge in [0.1, 0.15) is 0 Å². The first-order valence-corrected chi connectivity index (χ1v) is 8.64. The molecule has 1 unspecified atom stereocenters. The van der Waals surface area contributed by atoms with E-state index in [1.165, 1.54) is 0 Å². The van der Waals surface area contributed by atoms with Gasteiger partial charge in [-0.15, -0.1) is 0 Å². The van der Waals surface area contributed by atoms with Gasteiger partial charge in [-0.2, -0.15) is 0 Å². The molecule has 0 saturated carbocycles. The summed E-state index contributed by atoms with van der Waals surface area (Å²) in [6, 6.07) is 6.38. The maximum Gasteiger partial charge on any atom is 0.305 e. The van der Waals surface area contributed by atoms with Crippen molar-refractivity contribution < 1.29 is 29.0 Å². The number of carbonyl (C=O) groups is 3. The molecule has 0 aliphatic carbocycles. The van der Waals surface area contributed by atoms with E-state index in [1.807, 2.05) is 0 Å². The van der Waals surface area contributed by atoms with Crippen LogP contribution in [0.2, 0.25) is 0 Å². The van der Waals surface area contributed by atoms with Crippen LogP contribution in [0.4, 0.5) is 5.69 Å². The molecule has 142 valence electrons. The van der Waals surface area contributed by atoms with Crippen molar-refractivity contribution in [3.05, 3.63) is 29.8 Å². The molecule has 0 spiro atoms. The monoisotopic (exact) mass is 364 g/mol. The minimum absolute atomic E-state index is 0.0680. The Kier molecular flexibility index (Phi) is 8.04. The molecule has 1 fully saturated rings. The lowest BCUT2D eigenvalue weighted by atomic mass is 10.2. The predicted molar refractivity (Wildman–Crippen MR) is 94.1 cm³/mol. The van der Waals surface area contributed by atoms with Crippen molar-refractivity contribution in [3.63, 3.8) is 0 Å². The van der Waals surface area contributed by atoms with Crippen LogP contribution in [0.25, 0.3) is 0 Å². The molecule has 3 N–H and O–H groups in total. The number of ether oxygens (including phenoxy) is 2. The van der Waals surface area contributed by atoms with E-state index in [0.717, 1.165) is 19.4 Å². The summed E-state index contributed by atoms with van der Waals surface area (Å²) in [5.41, 5.74) is 0.976. The van der Waals surface area contributed by atoms with E-state index in [1.54, 1.807) is 24.3 Å². The quantitative estimate of drug-likeness (QED) is 0.541. The highest BCUT2D eigenvalue weighted by Crippen LogP contribution is 2.12. The second-order valence-corrected chi connectivity index (χ2v) is 5.99. The topological polar surface area (TPSA) is 114 Å². The molecule has 8 heteroatoms. The summed E-state index contributed by atoms with van der Waals surface area (Å²) in [6.45, 7) is 1.69. The first-order chi connectivity index (χ1) is 12.5. The Hall–Kier alpha value is -2.45. The first-order valence-electron chi connectivity index (χ1n) is 8.64. The van der Waals surface area contributed by atoms with E-state index in [-0.39, 0.29) is 37.3 Å². The fourth-order valence-electron chi connectivity index (χ4n) is 2.47. The molecule has 1 aromatic carbocycles. The summed E-state index contributed by atoms with van der Waals surface area (Å²) in [5.74, 6) is -1.49. The van der Waals surface area contributed by atoms with Gasteiger partial charge in [-0.1, -0.05) is 0 Å². The molecule has 0 bridgehead atoms. The van der Waals surface area contributed by atoms with E-state index in [2.05, 4.69) is 10.6 Å². The van der Waals surface area contributed by atoms with E-state index in [4.69, 9.17) is 14.6 Å². The smallest absolute Gasteiger partial charge is 0.305 e. The lowest BCUT2D eigenvalue weighted by molar-refractivity contribution is -0.136. The number of rotatable bonds is 10. The normalized spacial score (nSPS) is 16.2. The third kappa shape index (κ3) is 7.20. The highest BCUT2D eigenvalue weighted by Gasteiger charge is 2.15. The summed E-state index contributed by atoms with van der Waals surface area (Å²) >= 11 is 0. The first kappa shape index (κ1) is 19.9. The minimum Gasteiger partial charge on any atom is -0.481 e. The van der Waals surface area contributed by atoms with Crippen LogP contribution in [0.1, 0.15) is 36.0 Å². The fraction of sp³-hybridized carbons (Fsp3) is 0.500. The number of carboxylic acid groups (broad SMARTS) is 1. The Morgan fingerprint density at radius 1 is 1.19 bits per heavy atom. The molecule has 1 aliphatic rings. The lowest BCUT2D eigenvalue weighted by Crippen LogP contribution is -2.26. The van der Waals surface area contributed by atoms with Gasteiger partial charge >= 0.3 is 5.97 Å². The van der Waals surface area contributed by atoms with E-state index < -0.39 is 5.97 Å². The number of carboxylic acids is 1. The van der Waals surface area contributed by atoms with Crippen LogP contribution in [-0.4, -0.2) is 55.4 Å². The molecule has 1 aromatic rings. The van der Waals surface area contributed by atoms with Crippen LogP contribution in [0.15, 0.2) is 24.3 Å². The molecule has 1 aliphatic heterocycles. The number of carbonyl (C=O) groups excluding carboxylic acids is 2. The van der Waals surface area contributed by atoms with Crippen LogP contribution < -0.4 is 10.6 Å². The average molecular weight is 364 g/mol. The summed E-state index contributed by atoms with van der Waals surface area (Å²) in [5, 5.41) is 13.8. The molecular formula is C18H24N2O6. The number of hydrogen-bond donors (Lipinski definition) is 3. The predicted octanol–water partition coefficient (Wildman–Crippen LogP) is 1.42. The SMILES string of the molecule is O=C(O)CCNC(=O)c1ccc(NC(=O)CCOCC2CCCO2)cc1. The van der Waals surface area contributed by atoms with Crippen LogP contribution in [0, 0.1) is 0 Å². The van der Waals surface area contributed by atoms with Gasteiger partial charge in [-0.05, 0) is 37.1 Å². The van der Waals surface area contributed by atoms with Gasteiger partial charge in [0.05, 0.1) is 32.2 Å². The number of nitrogens with one attached hydrogen (secondary N) is 2. The summed E-state index contributed by atoms with van der Waals surface area (Å²) < 4.78 is 10.9. The number of anilines is 1. The molecular weight excluding hydrogens is 340 g/mol. The van der Waals surface area contributed by atoms with Crippen molar-refractivity contribution in [2.75, 3.05) is 31.7 Å². The van der Waals surface area contributed by atoms with Gasteiger partial charge < -0.3 is 25.2 Å². The largest absolute Gasteiger partial charge is 0.481 e. The molecule has 1 saturated heterocycles. The molecule has 2 rings (SSSR count). The molecule has 8 nitrogen and oxygen atoms in total. The van der Waals surface area contributed by atoms with Crippen molar-refractivity contribution in [1.29, 1.82) is 0 Å². The maximum absolute atomic E-state index is 11.9. The van der Waals surface area contributed by atoms with Crippen LogP contribution in [0.5, 0.6) is 0 Å². The van der Waals surface area contributed by atoms with E-state index in [9.17, 15) is 14.4 Å². The van der Waals surface area contributed by atoms with E-state index >= 15 is 0 Å². The zero-order chi connectivity index (χ0) is 18.8. The standard InChI is InChI=1S/C18H24N2O6/c21-16(8-11-25-12-15-2-1-10-26-15)20-14-5-3-13(4-6-14)18(24)19-9-7-17(22)23/h3-6,15H,1-2,7-12H2,(H,19,24)(H,20,21)(H,22,23). The van der Waals surface area contributed by atoms with Gasteiger partial charge in [-0.25, -0.2) is 0 Å². The van der Waals surface area contributed by atoms with Crippen LogP contribution in [0.3, 0.4) is 0 Å². The van der Waals surface area contributed by atoms with Crippen LogP contribution >= 0.6 is 0 Å². The average Bonchev–Trinajstić information content (AvgIpc) is 3.12. The zero-order valence-electron chi connectivity index (χ0n) is 14.5. The third-order valence-electron chi connectivity index (χ3n) is 3.86. The van der Waals surface area contributed by atoms with Gasteiger partial charge in [0, 0.05) is 24.4 Å². The molecule has 2 amide bonds. The number of hydrogen-bond acceptors (Lipinski definition) is 5.